The summed E-state index contributed by atoms with van der Waals surface area (Å²) in [6, 6.07) is 12.0. The number of rotatable bonds is 6. The molecule has 1 aromatic carbocycles. The molecule has 150 valence electrons. The van der Waals surface area contributed by atoms with E-state index in [1.807, 2.05) is 37.5 Å². The summed E-state index contributed by atoms with van der Waals surface area (Å²) in [5, 5.41) is 4.12. The number of halogens is 1. The summed E-state index contributed by atoms with van der Waals surface area (Å²) in [6.07, 6.45) is 1.84. The van der Waals surface area contributed by atoms with Crippen molar-refractivity contribution in [2.75, 3.05) is 44.8 Å². The first-order valence-electron chi connectivity index (χ1n) is 9.68. The lowest BCUT2D eigenvalue weighted by Crippen LogP contribution is -2.39. The second-order valence-electron chi connectivity index (χ2n) is 6.74. The molecule has 1 aromatic heterocycles. The van der Waals surface area contributed by atoms with Gasteiger partial charge in [-0.15, -0.1) is 0 Å². The molecule has 0 unspecified atom stereocenters. The van der Waals surface area contributed by atoms with Crippen LogP contribution in [-0.2, 0) is 17.8 Å². The number of nitrogens with one attached hydrogen (secondary N) is 1. The monoisotopic (exact) mass is 401 g/mol. The van der Waals surface area contributed by atoms with Gasteiger partial charge in [-0.25, -0.2) is 9.98 Å². The Morgan fingerprint density at radius 1 is 1.29 bits per heavy atom. The zero-order valence-corrected chi connectivity index (χ0v) is 17.3. The van der Waals surface area contributed by atoms with Crippen LogP contribution in [0, 0.1) is 0 Å². The number of guanidine groups is 1. The number of nitrogens with zero attached hydrogens (tertiary/aromatic N) is 4. The van der Waals surface area contributed by atoms with Crippen molar-refractivity contribution in [2.45, 2.75) is 20.0 Å². The van der Waals surface area contributed by atoms with Gasteiger partial charge in [-0.3, -0.25) is 0 Å². The smallest absolute Gasteiger partial charge is 0.194 e. The normalized spacial score (nSPS) is 14.8. The van der Waals surface area contributed by atoms with Crippen LogP contribution in [0.4, 0.5) is 5.82 Å². The van der Waals surface area contributed by atoms with Crippen molar-refractivity contribution in [2.24, 2.45) is 4.99 Å². The van der Waals surface area contributed by atoms with Crippen LogP contribution in [0.3, 0.4) is 0 Å². The molecule has 7 heteroatoms. The number of pyridine rings is 1. The predicted molar refractivity (Wildman–Crippen MR) is 115 cm³/mol. The molecule has 0 spiro atoms. The molecular formula is C21H28ClN5O. The Balaban J connectivity index is 1.74. The third-order valence-electron chi connectivity index (χ3n) is 4.58. The van der Waals surface area contributed by atoms with E-state index in [-0.39, 0.29) is 0 Å². The second kappa shape index (κ2) is 10.3. The van der Waals surface area contributed by atoms with Gasteiger partial charge in [-0.2, -0.15) is 0 Å². The molecule has 0 atom stereocenters. The van der Waals surface area contributed by atoms with E-state index in [2.05, 4.69) is 39.2 Å². The maximum absolute atomic E-state index is 6.12. The molecule has 0 aliphatic carbocycles. The number of hydrogen-bond acceptors (Lipinski definition) is 4. The van der Waals surface area contributed by atoms with Crippen LogP contribution in [0.5, 0.6) is 0 Å². The first-order chi connectivity index (χ1) is 13.7. The summed E-state index contributed by atoms with van der Waals surface area (Å²) in [5.41, 5.74) is 2.27. The van der Waals surface area contributed by atoms with E-state index in [1.54, 1.807) is 0 Å². The molecule has 1 aliphatic heterocycles. The Bertz CT molecular complexity index is 792. The average molecular weight is 402 g/mol. The molecule has 0 saturated carbocycles. The topological polar surface area (TPSA) is 53.0 Å². The summed E-state index contributed by atoms with van der Waals surface area (Å²) < 4.78 is 5.46. The van der Waals surface area contributed by atoms with Gasteiger partial charge in [-0.05, 0) is 30.7 Å². The SMILES string of the molecule is CCNC(=NCc1cccnc1N1CCOCC1)N(C)Cc1cccc(Cl)c1. The van der Waals surface area contributed by atoms with Gasteiger partial charge in [0.15, 0.2) is 5.96 Å². The van der Waals surface area contributed by atoms with Gasteiger partial charge < -0.3 is 19.9 Å². The van der Waals surface area contributed by atoms with Crippen molar-refractivity contribution in [1.82, 2.24) is 15.2 Å². The zero-order valence-electron chi connectivity index (χ0n) is 16.6. The Morgan fingerprint density at radius 3 is 2.86 bits per heavy atom. The summed E-state index contributed by atoms with van der Waals surface area (Å²) in [7, 11) is 2.04. The fraction of sp³-hybridized carbons (Fsp3) is 0.429. The van der Waals surface area contributed by atoms with Crippen LogP contribution in [0.25, 0.3) is 0 Å². The molecule has 1 fully saturated rings. The number of aromatic nitrogens is 1. The van der Waals surface area contributed by atoms with Gasteiger partial charge in [0.25, 0.3) is 0 Å². The number of hydrogen-bond donors (Lipinski definition) is 1. The van der Waals surface area contributed by atoms with Crippen molar-refractivity contribution < 1.29 is 4.74 Å². The fourth-order valence-electron chi connectivity index (χ4n) is 3.23. The van der Waals surface area contributed by atoms with Crippen molar-refractivity contribution in [3.63, 3.8) is 0 Å². The average Bonchev–Trinajstić information content (AvgIpc) is 2.72. The van der Waals surface area contributed by atoms with Gasteiger partial charge in [0.05, 0.1) is 19.8 Å². The molecule has 0 amide bonds. The molecule has 28 heavy (non-hydrogen) atoms. The van der Waals surface area contributed by atoms with Gasteiger partial charge in [0.1, 0.15) is 5.82 Å². The minimum Gasteiger partial charge on any atom is -0.378 e. The van der Waals surface area contributed by atoms with Crippen LogP contribution < -0.4 is 10.2 Å². The standard InChI is InChI=1S/C21H28ClN5O/c1-3-23-21(26(2)16-17-6-4-8-19(22)14-17)25-15-18-7-5-9-24-20(18)27-10-12-28-13-11-27/h4-9,14H,3,10-13,15-16H2,1-2H3,(H,23,25). The highest BCUT2D eigenvalue weighted by atomic mass is 35.5. The molecule has 2 heterocycles. The van der Waals surface area contributed by atoms with E-state index in [0.29, 0.717) is 6.54 Å². The Hall–Kier alpha value is -2.31. The highest BCUT2D eigenvalue weighted by Gasteiger charge is 2.16. The van der Waals surface area contributed by atoms with E-state index < -0.39 is 0 Å². The van der Waals surface area contributed by atoms with Crippen molar-refractivity contribution in [3.8, 4) is 0 Å². The van der Waals surface area contributed by atoms with E-state index in [4.69, 9.17) is 21.3 Å². The minimum absolute atomic E-state index is 0.572. The quantitative estimate of drug-likeness (QED) is 0.595. The van der Waals surface area contributed by atoms with Crippen LogP contribution in [0.1, 0.15) is 18.1 Å². The van der Waals surface area contributed by atoms with Gasteiger partial charge >= 0.3 is 0 Å². The molecule has 1 N–H and O–H groups in total. The van der Waals surface area contributed by atoms with Crippen molar-refractivity contribution in [3.05, 3.63) is 58.7 Å². The highest BCUT2D eigenvalue weighted by molar-refractivity contribution is 6.30. The molecular weight excluding hydrogens is 374 g/mol. The minimum atomic E-state index is 0.572. The predicted octanol–water partition coefficient (Wildman–Crippen LogP) is 3.17. The lowest BCUT2D eigenvalue weighted by atomic mass is 10.2. The third kappa shape index (κ3) is 5.59. The van der Waals surface area contributed by atoms with Crippen molar-refractivity contribution >= 4 is 23.4 Å². The maximum Gasteiger partial charge on any atom is 0.194 e. The number of anilines is 1. The first-order valence-corrected chi connectivity index (χ1v) is 10.1. The van der Waals surface area contributed by atoms with Gasteiger partial charge in [0, 0.05) is 50.0 Å². The third-order valence-corrected chi connectivity index (χ3v) is 4.82. The van der Waals surface area contributed by atoms with E-state index in [0.717, 1.165) is 67.3 Å². The van der Waals surface area contributed by atoms with E-state index in [9.17, 15) is 0 Å². The molecule has 2 aromatic rings. The Morgan fingerprint density at radius 2 is 2.11 bits per heavy atom. The molecule has 0 bridgehead atoms. The fourth-order valence-corrected chi connectivity index (χ4v) is 3.44. The number of aliphatic imine (C=N–C) groups is 1. The first kappa shape index (κ1) is 20.4. The summed E-state index contributed by atoms with van der Waals surface area (Å²) in [4.78, 5) is 13.8. The Kier molecular flexibility index (Phi) is 7.51. The molecule has 1 aliphatic rings. The zero-order chi connectivity index (χ0) is 19.8. The van der Waals surface area contributed by atoms with Gasteiger partial charge in [0.2, 0.25) is 0 Å². The Labute approximate surface area is 172 Å². The van der Waals surface area contributed by atoms with Gasteiger partial charge in [-0.1, -0.05) is 29.8 Å². The highest BCUT2D eigenvalue weighted by Crippen LogP contribution is 2.19. The maximum atomic E-state index is 6.12. The summed E-state index contributed by atoms with van der Waals surface area (Å²) >= 11 is 6.12. The lowest BCUT2D eigenvalue weighted by Gasteiger charge is -2.29. The number of morpholine rings is 1. The van der Waals surface area contributed by atoms with Crippen LogP contribution in [-0.4, -0.2) is 55.7 Å². The van der Waals surface area contributed by atoms with Crippen LogP contribution in [0.15, 0.2) is 47.6 Å². The number of ether oxygens (including phenoxy) is 1. The molecule has 3 rings (SSSR count). The van der Waals surface area contributed by atoms with Crippen molar-refractivity contribution in [1.29, 1.82) is 0 Å². The van der Waals surface area contributed by atoms with Crippen LogP contribution in [0.2, 0.25) is 5.02 Å². The second-order valence-corrected chi connectivity index (χ2v) is 7.18. The lowest BCUT2D eigenvalue weighted by molar-refractivity contribution is 0.122. The van der Waals surface area contributed by atoms with E-state index in [1.165, 1.54) is 0 Å². The summed E-state index contributed by atoms with van der Waals surface area (Å²) in [5.74, 6) is 1.86. The number of benzene rings is 1. The van der Waals surface area contributed by atoms with E-state index >= 15 is 0 Å². The van der Waals surface area contributed by atoms with Crippen LogP contribution >= 0.6 is 11.6 Å². The molecule has 0 radical (unpaired) electrons. The largest absolute Gasteiger partial charge is 0.378 e. The molecule has 1 saturated heterocycles. The molecule has 6 nitrogen and oxygen atoms in total. The summed E-state index contributed by atoms with van der Waals surface area (Å²) in [6.45, 7) is 7.39.